The van der Waals surface area contributed by atoms with Gasteiger partial charge in [0.2, 0.25) is 0 Å². The molecule has 178 valence electrons. The average Bonchev–Trinajstić information content (AvgIpc) is 2.98. The van der Waals surface area contributed by atoms with Crippen molar-refractivity contribution in [1.29, 1.82) is 0 Å². The van der Waals surface area contributed by atoms with Gasteiger partial charge in [-0.3, -0.25) is 0 Å². The number of fused-ring (bicyclic) bond motifs is 4. The molecule has 0 aliphatic rings. The molecule has 5 aromatic carbocycles. The first-order valence-electron chi connectivity index (χ1n) is 12.8. The molecule has 0 amide bonds. The number of hydrogen-bond donors (Lipinski definition) is 0. The number of benzene rings is 5. The predicted molar refractivity (Wildman–Crippen MR) is 163 cm³/mol. The molecule has 0 N–H and O–H groups in total. The van der Waals surface area contributed by atoms with E-state index in [-0.39, 0.29) is 0 Å². The summed E-state index contributed by atoms with van der Waals surface area (Å²) < 4.78 is 0. The summed E-state index contributed by atoms with van der Waals surface area (Å²) in [6.45, 7) is 0. The Hall–Kier alpha value is -5.08. The topological polar surface area (TPSA) is 25.8 Å². The highest BCUT2D eigenvalue weighted by molar-refractivity contribution is 6.05. The van der Waals surface area contributed by atoms with Gasteiger partial charge in [-0.25, -0.2) is 9.97 Å². The van der Waals surface area contributed by atoms with E-state index in [9.17, 15) is 0 Å². The third-order valence-corrected chi connectivity index (χ3v) is 7.08. The Balaban J connectivity index is 1.23. The SMILES string of the molecule is C(=Cc1c2ccccc2nc2ccccc12)c1ccc(C=Cc2c3ccccc3nc3ccccc23)cc1. The minimum Gasteiger partial charge on any atom is -0.248 e. The summed E-state index contributed by atoms with van der Waals surface area (Å²) in [4.78, 5) is 9.69. The van der Waals surface area contributed by atoms with Crippen LogP contribution >= 0.6 is 0 Å². The number of pyridine rings is 2. The number of rotatable bonds is 4. The fourth-order valence-corrected chi connectivity index (χ4v) is 5.18. The van der Waals surface area contributed by atoms with E-state index in [1.54, 1.807) is 0 Å². The van der Waals surface area contributed by atoms with Gasteiger partial charge >= 0.3 is 0 Å². The van der Waals surface area contributed by atoms with Crippen molar-refractivity contribution in [3.05, 3.63) is 144 Å². The van der Waals surface area contributed by atoms with Crippen LogP contribution in [0.25, 0.3) is 67.9 Å². The zero-order chi connectivity index (χ0) is 25.3. The Morgan fingerprint density at radius 2 is 0.605 bits per heavy atom. The molecule has 2 aromatic heterocycles. The minimum atomic E-state index is 1.02. The van der Waals surface area contributed by atoms with Gasteiger partial charge < -0.3 is 0 Å². The number of hydrogen-bond acceptors (Lipinski definition) is 2. The van der Waals surface area contributed by atoms with Crippen LogP contribution < -0.4 is 0 Å². The highest BCUT2D eigenvalue weighted by atomic mass is 14.7. The maximum atomic E-state index is 4.84. The van der Waals surface area contributed by atoms with E-state index in [2.05, 4.69) is 121 Å². The van der Waals surface area contributed by atoms with Gasteiger partial charge in [0.15, 0.2) is 0 Å². The lowest BCUT2D eigenvalue weighted by Crippen LogP contribution is -1.87. The molecule has 0 radical (unpaired) electrons. The van der Waals surface area contributed by atoms with Crippen molar-refractivity contribution in [3.8, 4) is 0 Å². The third kappa shape index (κ3) is 4.03. The fourth-order valence-electron chi connectivity index (χ4n) is 5.18. The summed E-state index contributed by atoms with van der Waals surface area (Å²) in [5.74, 6) is 0. The smallest absolute Gasteiger partial charge is 0.0715 e. The van der Waals surface area contributed by atoms with E-state index in [0.29, 0.717) is 0 Å². The van der Waals surface area contributed by atoms with Crippen LogP contribution in [0.15, 0.2) is 121 Å². The van der Waals surface area contributed by atoms with Gasteiger partial charge in [0, 0.05) is 21.5 Å². The van der Waals surface area contributed by atoms with Crippen molar-refractivity contribution in [2.24, 2.45) is 0 Å². The van der Waals surface area contributed by atoms with Crippen LogP contribution in [-0.2, 0) is 0 Å². The first kappa shape index (κ1) is 22.1. The van der Waals surface area contributed by atoms with Crippen molar-refractivity contribution >= 4 is 67.9 Å². The number of aromatic nitrogens is 2. The summed E-state index contributed by atoms with van der Waals surface area (Å²) in [6.07, 6.45) is 8.80. The van der Waals surface area contributed by atoms with Gasteiger partial charge in [-0.1, -0.05) is 121 Å². The van der Waals surface area contributed by atoms with E-state index in [1.165, 1.54) is 32.7 Å². The van der Waals surface area contributed by atoms with Crippen LogP contribution in [0, 0.1) is 0 Å². The molecule has 2 heteroatoms. The predicted octanol–water partition coefficient (Wildman–Crippen LogP) is 9.43. The highest BCUT2D eigenvalue weighted by Crippen LogP contribution is 2.29. The molecule has 2 heterocycles. The second kappa shape index (κ2) is 9.42. The molecule has 38 heavy (non-hydrogen) atoms. The lowest BCUT2D eigenvalue weighted by atomic mass is 10.0. The van der Waals surface area contributed by atoms with Crippen molar-refractivity contribution in [2.75, 3.05) is 0 Å². The minimum absolute atomic E-state index is 1.02. The molecular weight excluding hydrogens is 460 g/mol. The van der Waals surface area contributed by atoms with Crippen molar-refractivity contribution in [1.82, 2.24) is 9.97 Å². The highest BCUT2D eigenvalue weighted by Gasteiger charge is 2.07. The van der Waals surface area contributed by atoms with Crippen LogP contribution in [-0.4, -0.2) is 9.97 Å². The van der Waals surface area contributed by atoms with Crippen LogP contribution in [0.3, 0.4) is 0 Å². The Kier molecular flexibility index (Phi) is 5.49. The van der Waals surface area contributed by atoms with Gasteiger partial charge in [-0.15, -0.1) is 0 Å². The van der Waals surface area contributed by atoms with Gasteiger partial charge in [0.1, 0.15) is 0 Å². The third-order valence-electron chi connectivity index (χ3n) is 7.08. The lowest BCUT2D eigenvalue weighted by Gasteiger charge is -2.08. The summed E-state index contributed by atoms with van der Waals surface area (Å²) in [5, 5.41) is 4.66. The largest absolute Gasteiger partial charge is 0.248 e. The van der Waals surface area contributed by atoms with E-state index >= 15 is 0 Å². The first-order chi connectivity index (χ1) is 18.8. The summed E-state index contributed by atoms with van der Waals surface area (Å²) >= 11 is 0. The molecule has 7 rings (SSSR count). The van der Waals surface area contributed by atoms with Gasteiger partial charge in [-0.05, 0) is 46.5 Å². The normalized spacial score (nSPS) is 12.0. The van der Waals surface area contributed by atoms with Crippen LogP contribution in [0.2, 0.25) is 0 Å². The maximum Gasteiger partial charge on any atom is 0.0715 e. The van der Waals surface area contributed by atoms with Crippen molar-refractivity contribution < 1.29 is 0 Å². The Labute approximate surface area is 221 Å². The average molecular weight is 485 g/mol. The molecule has 0 saturated carbocycles. The molecule has 0 unspecified atom stereocenters. The van der Waals surface area contributed by atoms with Gasteiger partial charge in [0.05, 0.1) is 22.1 Å². The lowest BCUT2D eigenvalue weighted by molar-refractivity contribution is 1.49. The van der Waals surface area contributed by atoms with E-state index in [4.69, 9.17) is 9.97 Å². The van der Waals surface area contributed by atoms with Crippen LogP contribution in [0.1, 0.15) is 22.3 Å². The van der Waals surface area contributed by atoms with Crippen LogP contribution in [0.4, 0.5) is 0 Å². The summed E-state index contributed by atoms with van der Waals surface area (Å²) in [5.41, 5.74) is 8.78. The second-order valence-electron chi connectivity index (χ2n) is 9.45. The van der Waals surface area contributed by atoms with E-state index < -0.39 is 0 Å². The Bertz CT molecular complexity index is 1760. The van der Waals surface area contributed by atoms with Crippen molar-refractivity contribution in [2.45, 2.75) is 0 Å². The molecule has 0 spiro atoms. The molecule has 2 nitrogen and oxygen atoms in total. The molecular formula is C36H24N2. The molecule has 0 fully saturated rings. The molecule has 0 aliphatic carbocycles. The molecule has 0 atom stereocenters. The summed E-state index contributed by atoms with van der Waals surface area (Å²) in [6, 6.07) is 42.1. The van der Waals surface area contributed by atoms with E-state index in [1.807, 2.05) is 24.3 Å². The standard InChI is InChI=1S/C36H24N2/c1-5-13-33-29(9-1)27(30-10-2-6-14-34(30)37-33)23-21-25-17-19-26(20-18-25)22-24-28-31-11-3-7-15-35(31)38-36-16-8-4-12-32(28)36/h1-24H. The Morgan fingerprint density at radius 3 is 0.921 bits per heavy atom. The number of para-hydroxylation sites is 4. The molecule has 0 saturated heterocycles. The zero-order valence-corrected chi connectivity index (χ0v) is 20.8. The van der Waals surface area contributed by atoms with Crippen molar-refractivity contribution in [3.63, 3.8) is 0 Å². The maximum absolute atomic E-state index is 4.84. The Morgan fingerprint density at radius 1 is 0.316 bits per heavy atom. The van der Waals surface area contributed by atoms with Gasteiger partial charge in [0.25, 0.3) is 0 Å². The quantitative estimate of drug-likeness (QED) is 0.233. The molecule has 0 aliphatic heterocycles. The zero-order valence-electron chi connectivity index (χ0n) is 20.8. The fraction of sp³-hybridized carbons (Fsp3) is 0. The second-order valence-corrected chi connectivity index (χ2v) is 9.45. The monoisotopic (exact) mass is 484 g/mol. The molecule has 7 aromatic rings. The van der Waals surface area contributed by atoms with E-state index in [0.717, 1.165) is 33.2 Å². The first-order valence-corrected chi connectivity index (χ1v) is 12.8. The molecule has 0 bridgehead atoms. The summed E-state index contributed by atoms with van der Waals surface area (Å²) in [7, 11) is 0. The number of nitrogens with zero attached hydrogens (tertiary/aromatic N) is 2. The van der Waals surface area contributed by atoms with Crippen LogP contribution in [0.5, 0.6) is 0 Å². The van der Waals surface area contributed by atoms with Gasteiger partial charge in [-0.2, -0.15) is 0 Å².